The monoisotopic (exact) mass is 306 g/mol. The predicted molar refractivity (Wildman–Crippen MR) is 82.3 cm³/mol. The fourth-order valence-electron chi connectivity index (χ4n) is 3.00. The molecule has 22 heavy (non-hydrogen) atoms. The Kier molecular flexibility index (Phi) is 4.25. The highest BCUT2D eigenvalue weighted by molar-refractivity contribution is 5.65. The second kappa shape index (κ2) is 6.17. The van der Waals surface area contributed by atoms with E-state index in [0.29, 0.717) is 23.6 Å². The zero-order valence-corrected chi connectivity index (χ0v) is 12.6. The topological polar surface area (TPSA) is 103 Å². The molecule has 3 rings (SSSR count). The van der Waals surface area contributed by atoms with Crippen molar-refractivity contribution in [3.63, 3.8) is 0 Å². The van der Waals surface area contributed by atoms with Crippen LogP contribution in [0.5, 0.6) is 0 Å². The molecule has 1 fully saturated rings. The number of aliphatic hydroxyl groups is 2. The minimum absolute atomic E-state index is 0.0410. The Bertz CT molecular complexity index is 645. The molecule has 0 radical (unpaired) electrons. The number of β-amino-alcohol motifs (C(OH)–C–C–N with tert-alkyl or cyclic N) is 1. The number of piperazine rings is 1. The van der Waals surface area contributed by atoms with Crippen LogP contribution in [0.25, 0.3) is 5.52 Å². The molecule has 1 aliphatic rings. The van der Waals surface area contributed by atoms with Gasteiger partial charge in [0.25, 0.3) is 0 Å². The molecule has 4 N–H and O–H groups in total. The standard InChI is InChI=1S/C14H22N6O2/c1-18-4-5-19(10(6-18)8-21)7-13(22)11-2-3-12-14(15)16-9-17-20(11)12/h2-3,9-10,13,21-22H,4-8H2,1H3,(H2,15,16,17). The average Bonchev–Trinajstić information content (AvgIpc) is 2.94. The molecule has 1 saturated heterocycles. The Hall–Kier alpha value is -1.74. The SMILES string of the molecule is CN1CCN(CC(O)c2ccc3c(N)ncnn23)C(CO)C1. The van der Waals surface area contributed by atoms with Crippen LogP contribution in [0.4, 0.5) is 5.82 Å². The van der Waals surface area contributed by atoms with E-state index < -0.39 is 6.10 Å². The summed E-state index contributed by atoms with van der Waals surface area (Å²) in [6.07, 6.45) is 0.680. The maximum atomic E-state index is 10.6. The van der Waals surface area contributed by atoms with Crippen molar-refractivity contribution in [3.05, 3.63) is 24.2 Å². The lowest BCUT2D eigenvalue weighted by atomic mass is 10.1. The lowest BCUT2D eigenvalue weighted by molar-refractivity contribution is 0.0155. The van der Waals surface area contributed by atoms with Gasteiger partial charge >= 0.3 is 0 Å². The summed E-state index contributed by atoms with van der Waals surface area (Å²) in [5.41, 5.74) is 7.18. The van der Waals surface area contributed by atoms with Crippen LogP contribution in [-0.4, -0.2) is 80.5 Å². The van der Waals surface area contributed by atoms with Gasteiger partial charge in [-0.05, 0) is 19.2 Å². The zero-order valence-electron chi connectivity index (χ0n) is 12.6. The quantitative estimate of drug-likeness (QED) is 0.662. The Morgan fingerprint density at radius 2 is 2.23 bits per heavy atom. The number of anilines is 1. The highest BCUT2D eigenvalue weighted by Gasteiger charge is 2.27. The molecule has 3 heterocycles. The summed E-state index contributed by atoms with van der Waals surface area (Å²) in [6.45, 7) is 3.08. The number of hydrogen-bond donors (Lipinski definition) is 3. The van der Waals surface area contributed by atoms with Gasteiger partial charge in [0.15, 0.2) is 5.82 Å². The maximum Gasteiger partial charge on any atom is 0.151 e. The first kappa shape index (κ1) is 15.2. The Morgan fingerprint density at radius 3 is 3.00 bits per heavy atom. The largest absolute Gasteiger partial charge is 0.395 e. The first-order valence-corrected chi connectivity index (χ1v) is 7.39. The molecule has 0 saturated carbocycles. The van der Waals surface area contributed by atoms with E-state index in [9.17, 15) is 10.2 Å². The van der Waals surface area contributed by atoms with E-state index in [4.69, 9.17) is 5.73 Å². The number of nitrogen functional groups attached to an aromatic ring is 1. The van der Waals surface area contributed by atoms with Gasteiger partial charge in [-0.25, -0.2) is 9.50 Å². The van der Waals surface area contributed by atoms with E-state index in [2.05, 4.69) is 19.9 Å². The van der Waals surface area contributed by atoms with E-state index in [1.54, 1.807) is 10.6 Å². The first-order valence-electron chi connectivity index (χ1n) is 7.39. The average molecular weight is 306 g/mol. The van der Waals surface area contributed by atoms with Crippen LogP contribution >= 0.6 is 0 Å². The summed E-state index contributed by atoms with van der Waals surface area (Å²) < 4.78 is 1.62. The summed E-state index contributed by atoms with van der Waals surface area (Å²) in [4.78, 5) is 8.25. The molecule has 8 nitrogen and oxygen atoms in total. The molecular formula is C14H22N6O2. The van der Waals surface area contributed by atoms with Crippen molar-refractivity contribution < 1.29 is 10.2 Å². The number of nitrogens with two attached hydrogens (primary N) is 1. The van der Waals surface area contributed by atoms with Crippen molar-refractivity contribution in [3.8, 4) is 0 Å². The number of likely N-dealkylation sites (N-methyl/N-ethyl adjacent to an activating group) is 1. The molecule has 8 heteroatoms. The van der Waals surface area contributed by atoms with Crippen molar-refractivity contribution in [1.29, 1.82) is 0 Å². The smallest absolute Gasteiger partial charge is 0.151 e. The molecule has 0 amide bonds. The lowest BCUT2D eigenvalue weighted by Crippen LogP contribution is -2.54. The number of hydrogen-bond acceptors (Lipinski definition) is 7. The fourth-order valence-corrected chi connectivity index (χ4v) is 3.00. The van der Waals surface area contributed by atoms with Gasteiger partial charge in [0, 0.05) is 32.2 Å². The van der Waals surface area contributed by atoms with Gasteiger partial charge in [-0.1, -0.05) is 0 Å². The first-order chi connectivity index (χ1) is 10.6. The molecule has 0 bridgehead atoms. The highest BCUT2D eigenvalue weighted by atomic mass is 16.3. The highest BCUT2D eigenvalue weighted by Crippen LogP contribution is 2.21. The van der Waals surface area contributed by atoms with Crippen molar-refractivity contribution in [2.24, 2.45) is 0 Å². The van der Waals surface area contributed by atoms with Crippen LogP contribution in [-0.2, 0) is 0 Å². The normalized spacial score (nSPS) is 22.2. The van der Waals surface area contributed by atoms with Crippen LogP contribution < -0.4 is 5.73 Å². The van der Waals surface area contributed by atoms with E-state index >= 15 is 0 Å². The predicted octanol–water partition coefficient (Wildman–Crippen LogP) is -1.05. The summed E-state index contributed by atoms with van der Waals surface area (Å²) in [5, 5.41) is 24.3. The third-order valence-corrected chi connectivity index (χ3v) is 4.28. The molecule has 1 aliphatic heterocycles. The summed E-state index contributed by atoms with van der Waals surface area (Å²) in [7, 11) is 2.04. The Labute approximate surface area is 128 Å². The van der Waals surface area contributed by atoms with Crippen LogP contribution in [0.2, 0.25) is 0 Å². The second-order valence-corrected chi connectivity index (χ2v) is 5.81. The molecular weight excluding hydrogens is 284 g/mol. The fraction of sp³-hybridized carbons (Fsp3) is 0.571. The Morgan fingerprint density at radius 1 is 1.41 bits per heavy atom. The number of nitrogens with zero attached hydrogens (tertiary/aromatic N) is 5. The lowest BCUT2D eigenvalue weighted by Gasteiger charge is -2.39. The number of fused-ring (bicyclic) bond motifs is 1. The zero-order chi connectivity index (χ0) is 15.7. The molecule has 120 valence electrons. The second-order valence-electron chi connectivity index (χ2n) is 5.81. The van der Waals surface area contributed by atoms with Gasteiger partial charge < -0.3 is 20.8 Å². The van der Waals surface area contributed by atoms with Gasteiger partial charge in [-0.2, -0.15) is 5.10 Å². The van der Waals surface area contributed by atoms with Crippen LogP contribution in [0.3, 0.4) is 0 Å². The minimum Gasteiger partial charge on any atom is -0.395 e. The van der Waals surface area contributed by atoms with Crippen LogP contribution in [0.15, 0.2) is 18.5 Å². The molecule has 0 aliphatic carbocycles. The third kappa shape index (κ3) is 2.78. The summed E-state index contributed by atoms with van der Waals surface area (Å²) in [6, 6.07) is 3.66. The van der Waals surface area contributed by atoms with Crippen molar-refractivity contribution in [2.75, 3.05) is 45.6 Å². The van der Waals surface area contributed by atoms with Gasteiger partial charge in [-0.15, -0.1) is 0 Å². The van der Waals surface area contributed by atoms with Gasteiger partial charge in [-0.3, -0.25) is 4.90 Å². The molecule has 2 aromatic heterocycles. The van der Waals surface area contributed by atoms with Gasteiger partial charge in [0.05, 0.1) is 12.3 Å². The number of aromatic nitrogens is 3. The van der Waals surface area contributed by atoms with Gasteiger partial charge in [0.1, 0.15) is 17.9 Å². The summed E-state index contributed by atoms with van der Waals surface area (Å²) >= 11 is 0. The molecule has 0 spiro atoms. The molecule has 0 aromatic carbocycles. The third-order valence-electron chi connectivity index (χ3n) is 4.28. The molecule has 2 atom stereocenters. The number of aliphatic hydroxyl groups excluding tert-OH is 2. The van der Waals surface area contributed by atoms with Crippen molar-refractivity contribution in [2.45, 2.75) is 12.1 Å². The van der Waals surface area contributed by atoms with Gasteiger partial charge in [0.2, 0.25) is 0 Å². The Balaban J connectivity index is 1.78. The number of rotatable bonds is 4. The minimum atomic E-state index is -0.700. The van der Waals surface area contributed by atoms with E-state index in [0.717, 1.165) is 19.6 Å². The maximum absolute atomic E-state index is 10.6. The van der Waals surface area contributed by atoms with Crippen molar-refractivity contribution in [1.82, 2.24) is 24.4 Å². The van der Waals surface area contributed by atoms with Crippen molar-refractivity contribution >= 4 is 11.3 Å². The van der Waals surface area contributed by atoms with E-state index in [1.165, 1.54) is 6.33 Å². The van der Waals surface area contributed by atoms with E-state index in [1.807, 2.05) is 13.1 Å². The van der Waals surface area contributed by atoms with Crippen LogP contribution in [0.1, 0.15) is 11.8 Å². The summed E-state index contributed by atoms with van der Waals surface area (Å²) in [5.74, 6) is 0.390. The van der Waals surface area contributed by atoms with Crippen LogP contribution in [0, 0.1) is 0 Å². The van der Waals surface area contributed by atoms with E-state index in [-0.39, 0.29) is 12.6 Å². The molecule has 2 unspecified atom stereocenters. The molecule has 2 aromatic rings.